The molecule has 1 aromatic carbocycles. The maximum atomic E-state index is 10.5. The second-order valence-electron chi connectivity index (χ2n) is 3.50. The van der Waals surface area contributed by atoms with Crippen LogP contribution in [0.2, 0.25) is 0 Å². The van der Waals surface area contributed by atoms with Crippen molar-refractivity contribution >= 4 is 12.0 Å². The highest BCUT2D eigenvalue weighted by atomic mass is 16.4. The van der Waals surface area contributed by atoms with Crippen LogP contribution in [0.5, 0.6) is 0 Å². The van der Waals surface area contributed by atoms with Gasteiger partial charge in [-0.15, -0.1) is 0 Å². The number of hydrogen-bond acceptors (Lipinski definition) is 2. The maximum absolute atomic E-state index is 10.5. The average Bonchev–Trinajstić information content (AvgIpc) is 2.38. The van der Waals surface area contributed by atoms with Crippen molar-refractivity contribution in [3.05, 3.63) is 60.4 Å². The number of hydrogen-bond donors (Lipinski definition) is 1. The van der Waals surface area contributed by atoms with Crippen molar-refractivity contribution in [2.45, 2.75) is 0 Å². The van der Waals surface area contributed by atoms with Crippen LogP contribution in [-0.2, 0) is 4.79 Å². The van der Waals surface area contributed by atoms with Crippen molar-refractivity contribution in [3.63, 3.8) is 0 Å². The molecular formula is C14H11NO2. The largest absolute Gasteiger partial charge is 0.478 e. The summed E-state index contributed by atoms with van der Waals surface area (Å²) in [5.74, 6) is -0.965. The van der Waals surface area contributed by atoms with Crippen LogP contribution >= 0.6 is 0 Å². The molecule has 0 saturated carbocycles. The zero-order valence-electron chi connectivity index (χ0n) is 9.08. The first kappa shape index (κ1) is 11.1. The molecular weight excluding hydrogens is 214 g/mol. The minimum Gasteiger partial charge on any atom is -0.478 e. The monoisotopic (exact) mass is 225 g/mol. The lowest BCUT2D eigenvalue weighted by Gasteiger charge is -2.04. The van der Waals surface area contributed by atoms with Crippen molar-refractivity contribution in [1.29, 1.82) is 0 Å². The molecule has 0 fully saturated rings. The third-order valence-corrected chi connectivity index (χ3v) is 2.34. The summed E-state index contributed by atoms with van der Waals surface area (Å²) in [6.07, 6.45) is 6.02. The number of carboxylic acid groups (broad SMARTS) is 1. The minimum absolute atomic E-state index is 0.793. The predicted molar refractivity (Wildman–Crippen MR) is 66.3 cm³/mol. The molecule has 0 unspecified atom stereocenters. The lowest BCUT2D eigenvalue weighted by Crippen LogP contribution is -1.88. The summed E-state index contributed by atoms with van der Waals surface area (Å²) >= 11 is 0. The molecule has 0 radical (unpaired) electrons. The van der Waals surface area contributed by atoms with Crippen LogP contribution < -0.4 is 0 Å². The van der Waals surface area contributed by atoms with Crippen LogP contribution in [-0.4, -0.2) is 16.1 Å². The SMILES string of the molecule is O=C(O)C=Cc1cnccc1-c1ccccc1. The minimum atomic E-state index is -0.965. The lowest BCUT2D eigenvalue weighted by molar-refractivity contribution is -0.131. The van der Waals surface area contributed by atoms with Gasteiger partial charge in [0.05, 0.1) is 0 Å². The van der Waals surface area contributed by atoms with Gasteiger partial charge in [-0.25, -0.2) is 4.79 Å². The first-order chi connectivity index (χ1) is 8.27. The van der Waals surface area contributed by atoms with E-state index < -0.39 is 5.97 Å². The van der Waals surface area contributed by atoms with Crippen molar-refractivity contribution in [3.8, 4) is 11.1 Å². The Labute approximate surface area is 99.1 Å². The van der Waals surface area contributed by atoms with E-state index in [9.17, 15) is 4.79 Å². The molecule has 0 amide bonds. The Balaban J connectivity index is 2.45. The lowest BCUT2D eigenvalue weighted by atomic mass is 10.0. The third kappa shape index (κ3) is 2.78. The van der Waals surface area contributed by atoms with E-state index in [-0.39, 0.29) is 0 Å². The molecule has 0 aliphatic rings. The second-order valence-corrected chi connectivity index (χ2v) is 3.50. The number of aromatic nitrogens is 1. The van der Waals surface area contributed by atoms with Crippen LogP contribution in [0, 0.1) is 0 Å². The Bertz CT molecular complexity index is 547. The van der Waals surface area contributed by atoms with Gasteiger partial charge in [-0.05, 0) is 23.3 Å². The van der Waals surface area contributed by atoms with Gasteiger partial charge < -0.3 is 5.11 Å². The van der Waals surface area contributed by atoms with E-state index in [0.717, 1.165) is 22.8 Å². The molecule has 3 nitrogen and oxygen atoms in total. The van der Waals surface area contributed by atoms with E-state index in [1.165, 1.54) is 0 Å². The Morgan fingerprint density at radius 2 is 1.94 bits per heavy atom. The van der Waals surface area contributed by atoms with Gasteiger partial charge in [0.1, 0.15) is 0 Å². The summed E-state index contributed by atoms with van der Waals surface area (Å²) in [6.45, 7) is 0. The first-order valence-corrected chi connectivity index (χ1v) is 5.18. The van der Waals surface area contributed by atoms with Crippen LogP contribution in [0.25, 0.3) is 17.2 Å². The maximum Gasteiger partial charge on any atom is 0.328 e. The number of carboxylic acids is 1. The third-order valence-electron chi connectivity index (χ3n) is 2.34. The molecule has 1 aromatic heterocycles. The van der Waals surface area contributed by atoms with Gasteiger partial charge >= 0.3 is 5.97 Å². The molecule has 0 atom stereocenters. The van der Waals surface area contributed by atoms with Gasteiger partial charge in [0.25, 0.3) is 0 Å². The molecule has 17 heavy (non-hydrogen) atoms. The Morgan fingerprint density at radius 3 is 2.65 bits per heavy atom. The van der Waals surface area contributed by atoms with Gasteiger partial charge in [-0.1, -0.05) is 30.3 Å². The molecule has 84 valence electrons. The Kier molecular flexibility index (Phi) is 3.31. The molecule has 2 rings (SSSR count). The van der Waals surface area contributed by atoms with E-state index >= 15 is 0 Å². The quantitative estimate of drug-likeness (QED) is 0.817. The number of benzene rings is 1. The first-order valence-electron chi connectivity index (χ1n) is 5.18. The summed E-state index contributed by atoms with van der Waals surface area (Å²) in [4.78, 5) is 14.5. The standard InChI is InChI=1S/C14H11NO2/c16-14(17)7-6-12-10-15-9-8-13(12)11-4-2-1-3-5-11/h1-10H,(H,16,17). The Morgan fingerprint density at radius 1 is 1.18 bits per heavy atom. The fraction of sp³-hybridized carbons (Fsp3) is 0. The van der Waals surface area contributed by atoms with Crippen molar-refractivity contribution in [2.24, 2.45) is 0 Å². The number of rotatable bonds is 3. The fourth-order valence-corrected chi connectivity index (χ4v) is 1.58. The van der Waals surface area contributed by atoms with Gasteiger partial charge in [0.2, 0.25) is 0 Å². The van der Waals surface area contributed by atoms with Crippen LogP contribution in [0.1, 0.15) is 5.56 Å². The van der Waals surface area contributed by atoms with E-state index in [1.54, 1.807) is 18.5 Å². The number of nitrogens with zero attached hydrogens (tertiary/aromatic N) is 1. The molecule has 0 aliphatic heterocycles. The van der Waals surface area contributed by atoms with Gasteiger partial charge in [-0.3, -0.25) is 4.98 Å². The highest BCUT2D eigenvalue weighted by molar-refractivity contribution is 5.87. The zero-order chi connectivity index (χ0) is 12.1. The number of pyridine rings is 1. The number of aliphatic carboxylic acids is 1. The Hall–Kier alpha value is -2.42. The molecule has 3 heteroatoms. The molecule has 1 N–H and O–H groups in total. The van der Waals surface area contributed by atoms with E-state index in [2.05, 4.69) is 4.98 Å². The van der Waals surface area contributed by atoms with Crippen LogP contribution in [0.4, 0.5) is 0 Å². The summed E-state index contributed by atoms with van der Waals surface area (Å²) in [6, 6.07) is 11.7. The van der Waals surface area contributed by atoms with Crippen LogP contribution in [0.3, 0.4) is 0 Å². The van der Waals surface area contributed by atoms with Crippen molar-refractivity contribution < 1.29 is 9.90 Å². The summed E-state index contributed by atoms with van der Waals surface area (Å²) in [5, 5.41) is 8.63. The molecule has 1 heterocycles. The fourth-order valence-electron chi connectivity index (χ4n) is 1.58. The second kappa shape index (κ2) is 5.07. The van der Waals surface area contributed by atoms with Crippen molar-refractivity contribution in [1.82, 2.24) is 4.98 Å². The summed E-state index contributed by atoms with van der Waals surface area (Å²) < 4.78 is 0. The zero-order valence-corrected chi connectivity index (χ0v) is 9.08. The molecule has 0 spiro atoms. The smallest absolute Gasteiger partial charge is 0.328 e. The van der Waals surface area contributed by atoms with E-state index in [0.29, 0.717) is 0 Å². The highest BCUT2D eigenvalue weighted by Crippen LogP contribution is 2.23. The summed E-state index contributed by atoms with van der Waals surface area (Å²) in [5.41, 5.74) is 2.80. The van der Waals surface area contributed by atoms with Crippen LogP contribution in [0.15, 0.2) is 54.9 Å². The molecule has 2 aromatic rings. The van der Waals surface area contributed by atoms with Gasteiger partial charge in [0.15, 0.2) is 0 Å². The van der Waals surface area contributed by atoms with Gasteiger partial charge in [-0.2, -0.15) is 0 Å². The van der Waals surface area contributed by atoms with Crippen molar-refractivity contribution in [2.75, 3.05) is 0 Å². The molecule has 0 bridgehead atoms. The number of carbonyl (C=O) groups is 1. The highest BCUT2D eigenvalue weighted by Gasteiger charge is 2.02. The predicted octanol–water partition coefficient (Wildman–Crippen LogP) is 2.85. The average molecular weight is 225 g/mol. The van der Waals surface area contributed by atoms with E-state index in [1.807, 2.05) is 36.4 Å². The topological polar surface area (TPSA) is 50.2 Å². The molecule has 0 saturated heterocycles. The normalized spacial score (nSPS) is 10.6. The van der Waals surface area contributed by atoms with Gasteiger partial charge in [0, 0.05) is 24.0 Å². The summed E-state index contributed by atoms with van der Waals surface area (Å²) in [7, 11) is 0. The van der Waals surface area contributed by atoms with E-state index in [4.69, 9.17) is 5.11 Å². The molecule has 0 aliphatic carbocycles.